The molecule has 0 radical (unpaired) electrons. The summed E-state index contributed by atoms with van der Waals surface area (Å²) >= 11 is 0. The molecule has 0 aliphatic rings. The number of halogens is 1. The van der Waals surface area contributed by atoms with Gasteiger partial charge in [-0.1, -0.05) is 44.5 Å². The van der Waals surface area contributed by atoms with E-state index in [4.69, 9.17) is 5.73 Å². The van der Waals surface area contributed by atoms with Crippen molar-refractivity contribution in [2.24, 2.45) is 11.7 Å². The summed E-state index contributed by atoms with van der Waals surface area (Å²) in [6, 6.07) is 6.22. The standard InChI is InChI=1S/C13H19NO3.ClH/c1-3-9(2)12(16)13(14,17)11-6-4-10(8-15)5-7-11;/h4-9,12,16-17H,3,14H2,1-2H3;1H/t9?,12-,13-;/m1./s1. The van der Waals surface area contributed by atoms with Gasteiger partial charge < -0.3 is 10.2 Å². The zero-order valence-electron chi connectivity index (χ0n) is 10.5. The Balaban J connectivity index is 0.00000289. The normalized spacial score (nSPS) is 17.2. The number of nitrogens with two attached hydrogens (primary N) is 1. The van der Waals surface area contributed by atoms with Crippen LogP contribution >= 0.6 is 12.4 Å². The summed E-state index contributed by atoms with van der Waals surface area (Å²) in [5.41, 5.74) is 4.87. The minimum absolute atomic E-state index is 0. The third-order valence-corrected chi connectivity index (χ3v) is 3.14. The molecule has 1 aromatic rings. The van der Waals surface area contributed by atoms with Crippen LogP contribution in [-0.2, 0) is 5.72 Å². The maximum Gasteiger partial charge on any atom is 0.166 e. The van der Waals surface area contributed by atoms with Crippen LogP contribution in [-0.4, -0.2) is 22.6 Å². The molecule has 3 atom stereocenters. The van der Waals surface area contributed by atoms with E-state index in [-0.39, 0.29) is 18.3 Å². The van der Waals surface area contributed by atoms with E-state index >= 15 is 0 Å². The average molecular weight is 274 g/mol. The molecule has 0 saturated heterocycles. The zero-order valence-corrected chi connectivity index (χ0v) is 11.4. The summed E-state index contributed by atoms with van der Waals surface area (Å²) < 4.78 is 0. The molecule has 5 heteroatoms. The van der Waals surface area contributed by atoms with Gasteiger partial charge in [-0.2, -0.15) is 0 Å². The fourth-order valence-corrected chi connectivity index (χ4v) is 1.66. The van der Waals surface area contributed by atoms with Crippen LogP contribution in [0.2, 0.25) is 0 Å². The highest BCUT2D eigenvalue weighted by atomic mass is 35.5. The van der Waals surface area contributed by atoms with Crippen LogP contribution in [0.4, 0.5) is 0 Å². The van der Waals surface area contributed by atoms with Crippen molar-refractivity contribution >= 4 is 18.7 Å². The molecule has 0 aliphatic heterocycles. The molecule has 1 rings (SSSR count). The molecule has 1 aromatic carbocycles. The second kappa shape index (κ2) is 6.85. The number of aliphatic hydroxyl groups is 2. The highest BCUT2D eigenvalue weighted by Crippen LogP contribution is 2.25. The number of aliphatic hydroxyl groups excluding tert-OH is 1. The van der Waals surface area contributed by atoms with Crippen molar-refractivity contribution in [1.82, 2.24) is 0 Å². The van der Waals surface area contributed by atoms with Crippen LogP contribution in [0.5, 0.6) is 0 Å². The monoisotopic (exact) mass is 273 g/mol. The molecule has 18 heavy (non-hydrogen) atoms. The molecule has 0 amide bonds. The summed E-state index contributed by atoms with van der Waals surface area (Å²) in [6.07, 6.45) is 0.381. The van der Waals surface area contributed by atoms with Gasteiger partial charge in [0, 0.05) is 11.1 Å². The molecule has 4 nitrogen and oxygen atoms in total. The van der Waals surface area contributed by atoms with Gasteiger partial charge in [-0.15, -0.1) is 12.4 Å². The molecule has 4 N–H and O–H groups in total. The summed E-state index contributed by atoms with van der Waals surface area (Å²) in [4.78, 5) is 10.5. The summed E-state index contributed by atoms with van der Waals surface area (Å²) in [7, 11) is 0. The first-order valence-corrected chi connectivity index (χ1v) is 5.68. The van der Waals surface area contributed by atoms with Crippen LogP contribution in [0, 0.1) is 5.92 Å². The summed E-state index contributed by atoms with van der Waals surface area (Å²) in [6.45, 7) is 3.74. The maximum absolute atomic E-state index is 10.5. The van der Waals surface area contributed by atoms with E-state index in [1.54, 1.807) is 24.3 Å². The van der Waals surface area contributed by atoms with E-state index in [0.717, 1.165) is 0 Å². The van der Waals surface area contributed by atoms with E-state index in [1.165, 1.54) is 0 Å². The smallest absolute Gasteiger partial charge is 0.166 e. The number of benzene rings is 1. The Bertz CT molecular complexity index is 378. The number of aldehydes is 1. The van der Waals surface area contributed by atoms with Gasteiger partial charge in [0.2, 0.25) is 0 Å². The van der Waals surface area contributed by atoms with Crippen molar-refractivity contribution in [3.8, 4) is 0 Å². The van der Waals surface area contributed by atoms with Crippen molar-refractivity contribution in [3.63, 3.8) is 0 Å². The average Bonchev–Trinajstić information content (AvgIpc) is 2.36. The first kappa shape index (κ1) is 17.1. The number of rotatable bonds is 5. The predicted octanol–water partition coefficient (Wildman–Crippen LogP) is 1.43. The van der Waals surface area contributed by atoms with Crippen molar-refractivity contribution < 1.29 is 15.0 Å². The second-order valence-corrected chi connectivity index (χ2v) is 4.40. The quantitative estimate of drug-likeness (QED) is 0.560. The van der Waals surface area contributed by atoms with Gasteiger partial charge in [-0.25, -0.2) is 0 Å². The van der Waals surface area contributed by atoms with Gasteiger partial charge in [0.25, 0.3) is 0 Å². The second-order valence-electron chi connectivity index (χ2n) is 4.40. The van der Waals surface area contributed by atoms with Crippen molar-refractivity contribution in [3.05, 3.63) is 35.4 Å². The maximum atomic E-state index is 10.5. The Morgan fingerprint density at radius 1 is 1.39 bits per heavy atom. The minimum Gasteiger partial charge on any atom is -0.388 e. The Kier molecular flexibility index (Phi) is 6.49. The lowest BCUT2D eigenvalue weighted by molar-refractivity contribution is -0.100. The lowest BCUT2D eigenvalue weighted by Gasteiger charge is -2.32. The van der Waals surface area contributed by atoms with Crippen molar-refractivity contribution in [1.29, 1.82) is 0 Å². The molecule has 1 unspecified atom stereocenters. The summed E-state index contributed by atoms with van der Waals surface area (Å²) in [5, 5.41) is 20.1. The van der Waals surface area contributed by atoms with Crippen LogP contribution < -0.4 is 5.73 Å². The van der Waals surface area contributed by atoms with E-state index in [9.17, 15) is 15.0 Å². The van der Waals surface area contributed by atoms with Crippen LogP contribution in [0.15, 0.2) is 24.3 Å². The lowest BCUT2D eigenvalue weighted by Crippen LogP contribution is -2.50. The molecule has 0 heterocycles. The highest BCUT2D eigenvalue weighted by Gasteiger charge is 2.36. The van der Waals surface area contributed by atoms with Gasteiger partial charge in [-0.3, -0.25) is 10.5 Å². The van der Waals surface area contributed by atoms with Gasteiger partial charge in [-0.05, 0) is 5.92 Å². The minimum atomic E-state index is -1.79. The number of hydrogen-bond donors (Lipinski definition) is 3. The van der Waals surface area contributed by atoms with Gasteiger partial charge in [0.1, 0.15) is 12.4 Å². The van der Waals surface area contributed by atoms with Crippen molar-refractivity contribution in [2.75, 3.05) is 0 Å². The first-order valence-electron chi connectivity index (χ1n) is 5.68. The Morgan fingerprint density at radius 2 is 1.89 bits per heavy atom. The molecule has 0 aromatic heterocycles. The number of hydrogen-bond acceptors (Lipinski definition) is 4. The molecule has 0 saturated carbocycles. The molecule has 0 fully saturated rings. The van der Waals surface area contributed by atoms with E-state index in [1.807, 2.05) is 13.8 Å². The summed E-state index contributed by atoms with van der Waals surface area (Å²) in [5.74, 6) is -0.115. The third-order valence-electron chi connectivity index (χ3n) is 3.14. The van der Waals surface area contributed by atoms with Gasteiger partial charge >= 0.3 is 0 Å². The number of carbonyl (C=O) groups is 1. The van der Waals surface area contributed by atoms with E-state index in [0.29, 0.717) is 23.8 Å². The molecular weight excluding hydrogens is 254 g/mol. The lowest BCUT2D eigenvalue weighted by atomic mass is 9.88. The van der Waals surface area contributed by atoms with Crippen LogP contribution in [0.25, 0.3) is 0 Å². The molecule has 0 spiro atoms. The van der Waals surface area contributed by atoms with Crippen molar-refractivity contribution in [2.45, 2.75) is 32.1 Å². The predicted molar refractivity (Wildman–Crippen MR) is 72.6 cm³/mol. The molecule has 102 valence electrons. The van der Waals surface area contributed by atoms with Crippen LogP contribution in [0.1, 0.15) is 36.2 Å². The van der Waals surface area contributed by atoms with Gasteiger partial charge in [0.15, 0.2) is 5.72 Å². The first-order chi connectivity index (χ1) is 7.93. The molecule has 0 aliphatic carbocycles. The van der Waals surface area contributed by atoms with Gasteiger partial charge in [0.05, 0.1) is 0 Å². The molecule has 0 bridgehead atoms. The SMILES string of the molecule is CCC(C)[C@@H](O)[C@](N)(O)c1ccc(C=O)cc1.Cl. The molecular formula is C13H20ClNO3. The van der Waals surface area contributed by atoms with E-state index < -0.39 is 11.8 Å². The highest BCUT2D eigenvalue weighted by molar-refractivity contribution is 5.85. The Hall–Kier alpha value is -0.940. The largest absolute Gasteiger partial charge is 0.388 e. The fraction of sp³-hybridized carbons (Fsp3) is 0.462. The van der Waals surface area contributed by atoms with Crippen LogP contribution in [0.3, 0.4) is 0 Å². The topological polar surface area (TPSA) is 83.6 Å². The number of carbonyl (C=O) groups excluding carboxylic acids is 1. The zero-order chi connectivity index (χ0) is 13.1. The Labute approximate surface area is 113 Å². The van der Waals surface area contributed by atoms with E-state index in [2.05, 4.69) is 0 Å². The fourth-order valence-electron chi connectivity index (χ4n) is 1.66. The Morgan fingerprint density at radius 3 is 2.28 bits per heavy atom. The third kappa shape index (κ3) is 3.53.